The zero-order chi connectivity index (χ0) is 12.0. The van der Waals surface area contributed by atoms with Crippen LogP contribution in [0.3, 0.4) is 0 Å². The van der Waals surface area contributed by atoms with Gasteiger partial charge in [-0.15, -0.1) is 0 Å². The van der Waals surface area contributed by atoms with Gasteiger partial charge in [0.15, 0.2) is 0 Å². The number of nitrogens with one attached hydrogen (secondary N) is 1. The lowest BCUT2D eigenvalue weighted by Crippen LogP contribution is -2.39. The number of aromatic nitrogens is 1. The van der Waals surface area contributed by atoms with Crippen molar-refractivity contribution in [3.63, 3.8) is 0 Å². The topological polar surface area (TPSA) is 45.1 Å². The van der Waals surface area contributed by atoms with Crippen molar-refractivity contribution >= 4 is 0 Å². The van der Waals surface area contributed by atoms with Gasteiger partial charge in [0.25, 0.3) is 0 Å². The second-order valence-corrected chi connectivity index (χ2v) is 4.41. The zero-order valence-electron chi connectivity index (χ0n) is 10.5. The van der Waals surface area contributed by atoms with Crippen LogP contribution in [0.5, 0.6) is 0 Å². The van der Waals surface area contributed by atoms with Crippen LogP contribution in [0.25, 0.3) is 0 Å². The highest BCUT2D eigenvalue weighted by Crippen LogP contribution is 2.13. The van der Waals surface area contributed by atoms with E-state index < -0.39 is 5.60 Å². The summed E-state index contributed by atoms with van der Waals surface area (Å²) in [7, 11) is 0. The molecule has 0 unspecified atom stereocenters. The molecule has 16 heavy (non-hydrogen) atoms. The first kappa shape index (κ1) is 13.1. The number of nitrogens with zero attached hydrogens (tertiary/aromatic N) is 1. The van der Waals surface area contributed by atoms with Gasteiger partial charge in [-0.25, -0.2) is 0 Å². The Bertz CT molecular complexity index is 321. The summed E-state index contributed by atoms with van der Waals surface area (Å²) in [5, 5.41) is 13.4. The predicted molar refractivity (Wildman–Crippen MR) is 66.2 cm³/mol. The summed E-state index contributed by atoms with van der Waals surface area (Å²) in [5.74, 6) is 0. The van der Waals surface area contributed by atoms with Crippen LogP contribution in [0, 0.1) is 6.92 Å². The average Bonchev–Trinajstić information content (AvgIpc) is 2.29. The van der Waals surface area contributed by atoms with E-state index in [0.29, 0.717) is 6.54 Å². The lowest BCUT2D eigenvalue weighted by Gasteiger charge is -2.25. The lowest BCUT2D eigenvalue weighted by molar-refractivity contribution is 0.0323. The van der Waals surface area contributed by atoms with Crippen molar-refractivity contribution in [2.24, 2.45) is 0 Å². The Morgan fingerprint density at radius 3 is 2.56 bits per heavy atom. The van der Waals surface area contributed by atoms with Crippen LogP contribution in [0.15, 0.2) is 18.5 Å². The van der Waals surface area contributed by atoms with Gasteiger partial charge in [-0.2, -0.15) is 0 Å². The molecule has 1 aromatic heterocycles. The molecule has 90 valence electrons. The number of hydrogen-bond donors (Lipinski definition) is 2. The van der Waals surface area contributed by atoms with Crippen molar-refractivity contribution < 1.29 is 5.11 Å². The van der Waals surface area contributed by atoms with Gasteiger partial charge in [0, 0.05) is 25.5 Å². The van der Waals surface area contributed by atoms with E-state index in [1.807, 2.05) is 33.2 Å². The van der Waals surface area contributed by atoms with Gasteiger partial charge in [-0.05, 0) is 30.9 Å². The molecule has 0 aliphatic carbocycles. The molecule has 0 atom stereocenters. The van der Waals surface area contributed by atoms with Gasteiger partial charge in [-0.1, -0.05) is 19.9 Å². The molecular weight excluding hydrogens is 200 g/mol. The predicted octanol–water partition coefficient (Wildman–Crippen LogP) is 2.03. The van der Waals surface area contributed by atoms with E-state index in [4.69, 9.17) is 0 Å². The molecule has 0 aromatic carbocycles. The third kappa shape index (κ3) is 3.91. The molecule has 0 bridgehead atoms. The van der Waals surface area contributed by atoms with Crippen LogP contribution >= 0.6 is 0 Å². The second-order valence-electron chi connectivity index (χ2n) is 4.41. The van der Waals surface area contributed by atoms with Gasteiger partial charge in [-0.3, -0.25) is 4.98 Å². The smallest absolute Gasteiger partial charge is 0.0766 e. The van der Waals surface area contributed by atoms with Crippen molar-refractivity contribution in [1.29, 1.82) is 0 Å². The van der Waals surface area contributed by atoms with E-state index in [2.05, 4.69) is 16.4 Å². The van der Waals surface area contributed by atoms with Gasteiger partial charge in [0.1, 0.15) is 0 Å². The fourth-order valence-corrected chi connectivity index (χ4v) is 1.65. The second kappa shape index (κ2) is 5.97. The summed E-state index contributed by atoms with van der Waals surface area (Å²) in [6.45, 7) is 7.45. The number of rotatable bonds is 6. The van der Waals surface area contributed by atoms with Crippen LogP contribution in [-0.2, 0) is 6.54 Å². The Hall–Kier alpha value is -0.930. The fourth-order valence-electron chi connectivity index (χ4n) is 1.65. The molecule has 0 spiro atoms. The summed E-state index contributed by atoms with van der Waals surface area (Å²) >= 11 is 0. The van der Waals surface area contributed by atoms with Crippen LogP contribution in [0.2, 0.25) is 0 Å². The van der Waals surface area contributed by atoms with Crippen molar-refractivity contribution in [3.8, 4) is 0 Å². The van der Waals surface area contributed by atoms with Gasteiger partial charge >= 0.3 is 0 Å². The molecule has 2 N–H and O–H groups in total. The summed E-state index contributed by atoms with van der Waals surface area (Å²) < 4.78 is 0. The first-order chi connectivity index (χ1) is 7.59. The lowest BCUT2D eigenvalue weighted by atomic mass is 9.97. The first-order valence-electron chi connectivity index (χ1n) is 5.93. The highest BCUT2D eigenvalue weighted by atomic mass is 16.3. The Labute approximate surface area is 97.9 Å². The number of aliphatic hydroxyl groups is 1. The Balaban J connectivity index is 2.41. The Kier molecular flexibility index (Phi) is 4.90. The molecule has 0 aliphatic rings. The van der Waals surface area contributed by atoms with E-state index >= 15 is 0 Å². The number of aryl methyl sites for hydroxylation is 1. The summed E-state index contributed by atoms with van der Waals surface area (Å²) in [4.78, 5) is 4.14. The molecular formula is C13H22N2O. The van der Waals surface area contributed by atoms with Crippen LogP contribution in [0.4, 0.5) is 0 Å². The number of hydrogen-bond acceptors (Lipinski definition) is 3. The molecule has 0 aliphatic heterocycles. The normalized spacial score (nSPS) is 11.8. The van der Waals surface area contributed by atoms with Crippen LogP contribution in [-0.4, -0.2) is 22.2 Å². The average molecular weight is 222 g/mol. The summed E-state index contributed by atoms with van der Waals surface area (Å²) in [6, 6.07) is 2.11. The summed E-state index contributed by atoms with van der Waals surface area (Å²) in [5.41, 5.74) is 1.76. The Morgan fingerprint density at radius 1 is 1.31 bits per heavy atom. The minimum Gasteiger partial charge on any atom is -0.389 e. The fraction of sp³-hybridized carbons (Fsp3) is 0.615. The molecule has 1 aromatic rings. The maximum atomic E-state index is 10.1. The zero-order valence-corrected chi connectivity index (χ0v) is 10.5. The third-order valence-electron chi connectivity index (χ3n) is 3.03. The summed E-state index contributed by atoms with van der Waals surface area (Å²) in [6.07, 6.45) is 5.26. The molecule has 0 radical (unpaired) electrons. The van der Waals surface area contributed by atoms with Gasteiger partial charge in [0.2, 0.25) is 0 Å². The molecule has 1 rings (SSSR count). The van der Waals surface area contributed by atoms with Gasteiger partial charge in [0.05, 0.1) is 5.60 Å². The quantitative estimate of drug-likeness (QED) is 0.774. The standard InChI is InChI=1S/C13H22N2O/c1-4-13(16,5-2)10-15-9-12-6-11(3)7-14-8-12/h6-8,15-16H,4-5,9-10H2,1-3H3. The SMILES string of the molecule is CCC(O)(CC)CNCc1cncc(C)c1. The largest absolute Gasteiger partial charge is 0.389 e. The molecule has 3 heteroatoms. The minimum atomic E-state index is -0.572. The van der Waals surface area contributed by atoms with Crippen LogP contribution in [0.1, 0.15) is 37.8 Å². The highest BCUT2D eigenvalue weighted by Gasteiger charge is 2.20. The van der Waals surface area contributed by atoms with E-state index in [1.165, 1.54) is 5.56 Å². The third-order valence-corrected chi connectivity index (χ3v) is 3.03. The molecule has 0 saturated carbocycles. The van der Waals surface area contributed by atoms with E-state index in [0.717, 1.165) is 24.9 Å². The van der Waals surface area contributed by atoms with Crippen molar-refractivity contribution in [3.05, 3.63) is 29.6 Å². The molecule has 0 saturated heterocycles. The number of pyridine rings is 1. The van der Waals surface area contributed by atoms with Gasteiger partial charge < -0.3 is 10.4 Å². The van der Waals surface area contributed by atoms with Crippen molar-refractivity contribution in [2.45, 2.75) is 45.8 Å². The maximum absolute atomic E-state index is 10.1. The van der Waals surface area contributed by atoms with Crippen molar-refractivity contribution in [2.75, 3.05) is 6.54 Å². The van der Waals surface area contributed by atoms with E-state index in [1.54, 1.807) is 0 Å². The van der Waals surface area contributed by atoms with Crippen molar-refractivity contribution in [1.82, 2.24) is 10.3 Å². The highest BCUT2D eigenvalue weighted by molar-refractivity contribution is 5.16. The molecule has 0 fully saturated rings. The monoisotopic (exact) mass is 222 g/mol. The molecule has 1 heterocycles. The molecule has 0 amide bonds. The van der Waals surface area contributed by atoms with E-state index in [9.17, 15) is 5.11 Å². The van der Waals surface area contributed by atoms with E-state index in [-0.39, 0.29) is 0 Å². The van der Waals surface area contributed by atoms with Crippen LogP contribution < -0.4 is 5.32 Å². The first-order valence-corrected chi connectivity index (χ1v) is 5.93. The maximum Gasteiger partial charge on any atom is 0.0766 e. The molecule has 3 nitrogen and oxygen atoms in total. The Morgan fingerprint density at radius 2 is 2.00 bits per heavy atom. The minimum absolute atomic E-state index is 0.572.